The van der Waals surface area contributed by atoms with E-state index < -0.39 is 0 Å². The summed E-state index contributed by atoms with van der Waals surface area (Å²) in [6.45, 7) is 1.25. The summed E-state index contributed by atoms with van der Waals surface area (Å²) in [4.78, 5) is 25.1. The molecule has 4 rings (SSSR count). The van der Waals surface area contributed by atoms with E-state index in [1.54, 1.807) is 0 Å². The molecule has 4 heteroatoms. The van der Waals surface area contributed by atoms with Crippen molar-refractivity contribution in [1.29, 1.82) is 0 Å². The highest BCUT2D eigenvalue weighted by Crippen LogP contribution is 2.25. The van der Waals surface area contributed by atoms with E-state index in [4.69, 9.17) is 0 Å². The van der Waals surface area contributed by atoms with E-state index in [0.717, 1.165) is 25.7 Å². The zero-order valence-electron chi connectivity index (χ0n) is 27.4. The Balaban J connectivity index is 0.987. The molecule has 0 saturated heterocycles. The number of hydrogen-bond acceptors (Lipinski definition) is 2. The molecule has 0 saturated carbocycles. The zero-order chi connectivity index (χ0) is 32.1. The fourth-order valence-corrected chi connectivity index (χ4v) is 6.19. The van der Waals surface area contributed by atoms with Gasteiger partial charge in [0.1, 0.15) is 0 Å². The number of hydrogen-bond donors (Lipinski definition) is 2. The molecular weight excluding hydrogens is 564 g/mol. The number of rotatable bonds is 21. The van der Waals surface area contributed by atoms with Crippen LogP contribution in [0.5, 0.6) is 0 Å². The van der Waals surface area contributed by atoms with Crippen LogP contribution in [0.3, 0.4) is 0 Å². The van der Waals surface area contributed by atoms with Crippen LogP contribution in [0, 0.1) is 0 Å². The number of unbranched alkanes of at least 4 members (excludes halogenated alkanes) is 9. The predicted molar refractivity (Wildman–Crippen MR) is 191 cm³/mol. The van der Waals surface area contributed by atoms with Gasteiger partial charge >= 0.3 is 0 Å². The van der Waals surface area contributed by atoms with Gasteiger partial charge in [-0.3, -0.25) is 9.59 Å². The Morgan fingerprint density at radius 3 is 0.870 bits per heavy atom. The molecule has 0 aliphatic carbocycles. The highest BCUT2D eigenvalue weighted by molar-refractivity contribution is 5.76. The van der Waals surface area contributed by atoms with Gasteiger partial charge in [-0.25, -0.2) is 0 Å². The zero-order valence-corrected chi connectivity index (χ0v) is 27.4. The molecule has 4 aromatic rings. The van der Waals surface area contributed by atoms with Crippen molar-refractivity contribution in [3.63, 3.8) is 0 Å². The van der Waals surface area contributed by atoms with E-state index in [9.17, 15) is 9.59 Å². The summed E-state index contributed by atoms with van der Waals surface area (Å²) >= 11 is 0. The summed E-state index contributed by atoms with van der Waals surface area (Å²) in [5.41, 5.74) is 4.91. The maximum Gasteiger partial charge on any atom is 0.220 e. The lowest BCUT2D eigenvalue weighted by Gasteiger charge is -2.19. The minimum atomic E-state index is 0.151. The number of benzene rings is 4. The van der Waals surface area contributed by atoms with Gasteiger partial charge < -0.3 is 10.6 Å². The molecule has 0 heterocycles. The largest absolute Gasteiger partial charge is 0.355 e. The smallest absolute Gasteiger partial charge is 0.220 e. The SMILES string of the molecule is O=C(CCCCCCCCCCCCC(=O)NCC(c1ccccc1)c1ccccc1)NCC(c1ccccc1)c1ccccc1. The van der Waals surface area contributed by atoms with E-state index in [2.05, 4.69) is 108 Å². The second kappa shape index (κ2) is 20.8. The molecule has 0 bridgehead atoms. The fourth-order valence-electron chi connectivity index (χ4n) is 6.19. The standard InChI is InChI=1S/C42H52N2O2/c45-41(43-33-39(35-23-13-9-14-24-35)36-25-15-10-16-26-36)31-21-7-5-3-1-2-4-6-8-22-32-42(46)44-34-40(37-27-17-11-18-28-37)38-29-19-12-20-30-38/h9-20,23-30,39-40H,1-8,21-22,31-34H2,(H,43,45)(H,44,46). The highest BCUT2D eigenvalue weighted by atomic mass is 16.2. The van der Waals surface area contributed by atoms with Crippen LogP contribution in [0.25, 0.3) is 0 Å². The Morgan fingerprint density at radius 1 is 0.370 bits per heavy atom. The summed E-state index contributed by atoms with van der Waals surface area (Å²) in [6, 6.07) is 41.7. The van der Waals surface area contributed by atoms with Crippen LogP contribution in [-0.4, -0.2) is 24.9 Å². The predicted octanol–water partition coefficient (Wildman–Crippen LogP) is 9.56. The van der Waals surface area contributed by atoms with E-state index in [1.165, 1.54) is 60.8 Å². The molecule has 0 spiro atoms. The van der Waals surface area contributed by atoms with E-state index in [-0.39, 0.29) is 23.7 Å². The minimum Gasteiger partial charge on any atom is -0.355 e. The van der Waals surface area contributed by atoms with E-state index >= 15 is 0 Å². The normalized spacial score (nSPS) is 11.1. The van der Waals surface area contributed by atoms with Crippen molar-refractivity contribution in [2.24, 2.45) is 0 Å². The van der Waals surface area contributed by atoms with Gasteiger partial charge in [0.05, 0.1) is 0 Å². The fraction of sp³-hybridized carbons (Fsp3) is 0.381. The van der Waals surface area contributed by atoms with Crippen molar-refractivity contribution in [2.75, 3.05) is 13.1 Å². The molecule has 4 aromatic carbocycles. The van der Waals surface area contributed by atoms with E-state index in [1.807, 2.05) is 24.3 Å². The van der Waals surface area contributed by atoms with Crippen LogP contribution in [0.2, 0.25) is 0 Å². The van der Waals surface area contributed by atoms with Gasteiger partial charge in [-0.05, 0) is 35.1 Å². The van der Waals surface area contributed by atoms with Gasteiger partial charge in [-0.2, -0.15) is 0 Å². The van der Waals surface area contributed by atoms with E-state index in [0.29, 0.717) is 25.9 Å². The molecule has 0 aromatic heterocycles. The van der Waals surface area contributed by atoms with Crippen molar-refractivity contribution >= 4 is 11.8 Å². The first kappa shape index (κ1) is 34.7. The maximum atomic E-state index is 12.6. The molecule has 0 atom stereocenters. The van der Waals surface area contributed by atoms with Gasteiger partial charge in [0.25, 0.3) is 0 Å². The second-order valence-electron chi connectivity index (χ2n) is 12.4. The van der Waals surface area contributed by atoms with Crippen molar-refractivity contribution in [3.05, 3.63) is 144 Å². The lowest BCUT2D eigenvalue weighted by molar-refractivity contribution is -0.122. The monoisotopic (exact) mass is 616 g/mol. The first-order chi connectivity index (χ1) is 22.7. The molecule has 0 fully saturated rings. The van der Waals surface area contributed by atoms with Gasteiger partial charge in [0.15, 0.2) is 0 Å². The number of carbonyl (C=O) groups excluding carboxylic acids is 2. The quantitative estimate of drug-likeness (QED) is 0.0916. The van der Waals surface area contributed by atoms with Crippen LogP contribution < -0.4 is 10.6 Å². The molecule has 4 nitrogen and oxygen atoms in total. The van der Waals surface area contributed by atoms with Crippen LogP contribution in [-0.2, 0) is 9.59 Å². The minimum absolute atomic E-state index is 0.151. The van der Waals surface area contributed by atoms with Crippen LogP contribution >= 0.6 is 0 Å². The number of amides is 2. The lowest BCUT2D eigenvalue weighted by Crippen LogP contribution is -2.28. The lowest BCUT2D eigenvalue weighted by atomic mass is 9.91. The van der Waals surface area contributed by atoms with Crippen molar-refractivity contribution < 1.29 is 9.59 Å². The molecule has 2 amide bonds. The summed E-state index contributed by atoms with van der Waals surface area (Å²) in [7, 11) is 0. The molecule has 0 unspecified atom stereocenters. The van der Waals surface area contributed by atoms with Crippen molar-refractivity contribution in [3.8, 4) is 0 Å². The third-order valence-corrected chi connectivity index (χ3v) is 8.87. The van der Waals surface area contributed by atoms with Gasteiger partial charge in [0.2, 0.25) is 11.8 Å². The third kappa shape index (κ3) is 12.7. The molecule has 2 N–H and O–H groups in total. The molecule has 242 valence electrons. The van der Waals surface area contributed by atoms with Gasteiger partial charge in [-0.1, -0.05) is 173 Å². The molecular formula is C42H52N2O2. The Morgan fingerprint density at radius 2 is 0.609 bits per heavy atom. The van der Waals surface area contributed by atoms with Crippen LogP contribution in [0.15, 0.2) is 121 Å². The number of carbonyl (C=O) groups is 2. The average molecular weight is 617 g/mol. The Labute approximate surface area is 277 Å². The van der Waals surface area contributed by atoms with Crippen LogP contribution in [0.4, 0.5) is 0 Å². The van der Waals surface area contributed by atoms with Gasteiger partial charge in [0, 0.05) is 37.8 Å². The molecule has 46 heavy (non-hydrogen) atoms. The third-order valence-electron chi connectivity index (χ3n) is 8.87. The average Bonchev–Trinajstić information content (AvgIpc) is 3.11. The van der Waals surface area contributed by atoms with Gasteiger partial charge in [-0.15, -0.1) is 0 Å². The Hall–Kier alpha value is -4.18. The molecule has 0 aliphatic rings. The molecule has 0 aliphatic heterocycles. The maximum absolute atomic E-state index is 12.6. The van der Waals surface area contributed by atoms with Crippen LogP contribution in [0.1, 0.15) is 111 Å². The summed E-state index contributed by atoms with van der Waals surface area (Å²) < 4.78 is 0. The first-order valence-electron chi connectivity index (χ1n) is 17.4. The van der Waals surface area contributed by atoms with Crippen molar-refractivity contribution in [1.82, 2.24) is 10.6 Å². The number of nitrogens with one attached hydrogen (secondary N) is 2. The summed E-state index contributed by atoms with van der Waals surface area (Å²) in [5.74, 6) is 0.637. The second-order valence-corrected chi connectivity index (χ2v) is 12.4. The first-order valence-corrected chi connectivity index (χ1v) is 17.4. The Kier molecular flexibility index (Phi) is 15.7. The Bertz CT molecular complexity index is 1190. The molecule has 0 radical (unpaired) electrons. The topological polar surface area (TPSA) is 58.2 Å². The summed E-state index contributed by atoms with van der Waals surface area (Å²) in [6.07, 6.45) is 12.7. The summed E-state index contributed by atoms with van der Waals surface area (Å²) in [5, 5.41) is 6.37. The van der Waals surface area contributed by atoms with Crippen molar-refractivity contribution in [2.45, 2.75) is 88.9 Å². The highest BCUT2D eigenvalue weighted by Gasteiger charge is 2.16.